The Morgan fingerprint density at radius 3 is 3.04 bits per heavy atom. The lowest BCUT2D eigenvalue weighted by Gasteiger charge is -2.37. The van der Waals surface area contributed by atoms with Crippen molar-refractivity contribution in [3.8, 4) is 5.75 Å². The molecule has 1 aromatic carbocycles. The predicted molar refractivity (Wildman–Crippen MR) is 98.0 cm³/mol. The van der Waals surface area contributed by atoms with Crippen molar-refractivity contribution in [1.29, 1.82) is 0 Å². The first kappa shape index (κ1) is 15.4. The summed E-state index contributed by atoms with van der Waals surface area (Å²) in [4.78, 5) is 20.2. The van der Waals surface area contributed by atoms with Crippen molar-refractivity contribution >= 4 is 43.9 Å². The number of nitrogens with zero attached hydrogens (tertiary/aromatic N) is 2. The van der Waals surface area contributed by atoms with Crippen molar-refractivity contribution < 1.29 is 9.53 Å². The molecule has 24 heavy (non-hydrogen) atoms. The molecule has 0 bridgehead atoms. The summed E-state index contributed by atoms with van der Waals surface area (Å²) in [7, 11) is 1.66. The lowest BCUT2D eigenvalue weighted by Crippen LogP contribution is -2.53. The standard InChI is InChI=1S/C17H17N3O2S2/c1-22-12-4-5-15-14(7-12)19-17(24-15)20-9-11(10-20)16(21)18-8-13-3-2-6-23-13/h2-7,11H,8-10H2,1H3,(H,18,21). The maximum atomic E-state index is 12.2. The van der Waals surface area contributed by atoms with Crippen LogP contribution in [0.5, 0.6) is 5.75 Å². The highest BCUT2D eigenvalue weighted by Crippen LogP contribution is 2.34. The van der Waals surface area contributed by atoms with E-state index in [1.165, 1.54) is 4.88 Å². The van der Waals surface area contributed by atoms with E-state index in [0.717, 1.165) is 34.2 Å². The van der Waals surface area contributed by atoms with Crippen LogP contribution in [-0.4, -0.2) is 31.1 Å². The molecule has 0 saturated carbocycles. The van der Waals surface area contributed by atoms with Gasteiger partial charge in [-0.1, -0.05) is 17.4 Å². The van der Waals surface area contributed by atoms with Crippen LogP contribution in [0.2, 0.25) is 0 Å². The van der Waals surface area contributed by atoms with Gasteiger partial charge in [-0.3, -0.25) is 4.79 Å². The Kier molecular flexibility index (Phi) is 4.12. The second-order valence-corrected chi connectivity index (χ2v) is 7.77. The van der Waals surface area contributed by atoms with Gasteiger partial charge in [0.25, 0.3) is 0 Å². The molecule has 4 rings (SSSR count). The number of aromatic nitrogens is 1. The van der Waals surface area contributed by atoms with Gasteiger partial charge in [-0.05, 0) is 23.6 Å². The number of benzene rings is 1. The number of amides is 1. The van der Waals surface area contributed by atoms with Crippen LogP contribution in [0.3, 0.4) is 0 Å². The third kappa shape index (κ3) is 2.97. The monoisotopic (exact) mass is 359 g/mol. The molecule has 0 aliphatic carbocycles. The fourth-order valence-corrected chi connectivity index (χ4v) is 4.30. The molecule has 1 fully saturated rings. The summed E-state index contributed by atoms with van der Waals surface area (Å²) < 4.78 is 6.37. The highest BCUT2D eigenvalue weighted by molar-refractivity contribution is 7.22. The van der Waals surface area contributed by atoms with Gasteiger partial charge < -0.3 is 15.0 Å². The summed E-state index contributed by atoms with van der Waals surface area (Å²) in [6.45, 7) is 2.08. The second-order valence-electron chi connectivity index (χ2n) is 5.73. The lowest BCUT2D eigenvalue weighted by atomic mass is 10.0. The third-order valence-electron chi connectivity index (χ3n) is 4.12. The van der Waals surface area contributed by atoms with Gasteiger partial charge in [0, 0.05) is 24.0 Å². The Labute approximate surface area is 147 Å². The predicted octanol–water partition coefficient (Wildman–Crippen LogP) is 3.12. The molecule has 0 spiro atoms. The summed E-state index contributed by atoms with van der Waals surface area (Å²) in [6.07, 6.45) is 0. The lowest BCUT2D eigenvalue weighted by molar-refractivity contribution is -0.125. The van der Waals surface area contributed by atoms with Crippen LogP contribution in [0.15, 0.2) is 35.7 Å². The zero-order valence-electron chi connectivity index (χ0n) is 13.2. The van der Waals surface area contributed by atoms with Crippen molar-refractivity contribution in [2.24, 2.45) is 5.92 Å². The van der Waals surface area contributed by atoms with Crippen molar-refractivity contribution in [3.63, 3.8) is 0 Å². The minimum atomic E-state index is 0.0477. The Bertz CT molecular complexity index is 854. The van der Waals surface area contributed by atoms with Gasteiger partial charge in [-0.25, -0.2) is 4.98 Å². The smallest absolute Gasteiger partial charge is 0.226 e. The zero-order valence-corrected chi connectivity index (χ0v) is 14.8. The molecule has 3 aromatic rings. The zero-order chi connectivity index (χ0) is 16.5. The van der Waals surface area contributed by atoms with E-state index in [0.29, 0.717) is 6.54 Å². The quantitative estimate of drug-likeness (QED) is 0.760. The van der Waals surface area contributed by atoms with Crippen LogP contribution in [0, 0.1) is 5.92 Å². The van der Waals surface area contributed by atoms with Crippen molar-refractivity contribution in [3.05, 3.63) is 40.6 Å². The molecule has 0 atom stereocenters. The van der Waals surface area contributed by atoms with Crippen LogP contribution in [0.25, 0.3) is 10.2 Å². The van der Waals surface area contributed by atoms with E-state index in [9.17, 15) is 4.79 Å². The van der Waals surface area contributed by atoms with E-state index in [2.05, 4.69) is 15.2 Å². The number of rotatable bonds is 5. The van der Waals surface area contributed by atoms with Gasteiger partial charge in [0.2, 0.25) is 5.91 Å². The summed E-state index contributed by atoms with van der Waals surface area (Å²) in [5.41, 5.74) is 0.944. The molecule has 1 amide bonds. The number of ether oxygens (including phenoxy) is 1. The summed E-state index contributed by atoms with van der Waals surface area (Å²) in [5, 5.41) is 6.01. The maximum Gasteiger partial charge on any atom is 0.226 e. The molecule has 3 heterocycles. The number of thiophene rings is 1. The normalized spacial score (nSPS) is 14.6. The minimum Gasteiger partial charge on any atom is -0.497 e. The number of hydrogen-bond donors (Lipinski definition) is 1. The highest BCUT2D eigenvalue weighted by atomic mass is 32.1. The first-order chi connectivity index (χ1) is 11.7. The molecule has 7 heteroatoms. The largest absolute Gasteiger partial charge is 0.497 e. The Morgan fingerprint density at radius 2 is 2.29 bits per heavy atom. The van der Waals surface area contributed by atoms with Gasteiger partial charge in [-0.2, -0.15) is 0 Å². The molecule has 2 aromatic heterocycles. The number of fused-ring (bicyclic) bond motifs is 1. The van der Waals surface area contributed by atoms with E-state index in [4.69, 9.17) is 4.74 Å². The number of thiazole rings is 1. The van der Waals surface area contributed by atoms with Gasteiger partial charge in [-0.15, -0.1) is 11.3 Å². The molecule has 1 aliphatic heterocycles. The fraction of sp³-hybridized carbons (Fsp3) is 0.294. The topological polar surface area (TPSA) is 54.5 Å². The molecule has 1 saturated heterocycles. The summed E-state index contributed by atoms with van der Waals surface area (Å²) in [6, 6.07) is 9.95. The fourth-order valence-electron chi connectivity index (χ4n) is 2.69. The van der Waals surface area contributed by atoms with Crippen LogP contribution >= 0.6 is 22.7 Å². The van der Waals surface area contributed by atoms with Crippen LogP contribution < -0.4 is 15.0 Å². The molecule has 1 aliphatic rings. The number of hydrogen-bond acceptors (Lipinski definition) is 6. The van der Waals surface area contributed by atoms with Gasteiger partial charge in [0.05, 0.1) is 29.8 Å². The highest BCUT2D eigenvalue weighted by Gasteiger charge is 2.34. The number of anilines is 1. The number of methoxy groups -OCH3 is 1. The van der Waals surface area contributed by atoms with Gasteiger partial charge >= 0.3 is 0 Å². The van der Waals surface area contributed by atoms with Crippen LogP contribution in [-0.2, 0) is 11.3 Å². The average molecular weight is 359 g/mol. The molecule has 1 N–H and O–H groups in total. The summed E-state index contributed by atoms with van der Waals surface area (Å²) in [5.74, 6) is 0.989. The molecule has 0 unspecified atom stereocenters. The molecular formula is C17H17N3O2S2. The molecular weight excluding hydrogens is 342 g/mol. The Balaban J connectivity index is 1.35. The van der Waals surface area contributed by atoms with Crippen molar-refractivity contribution in [2.75, 3.05) is 25.1 Å². The van der Waals surface area contributed by atoms with E-state index in [1.54, 1.807) is 29.8 Å². The van der Waals surface area contributed by atoms with Crippen LogP contribution in [0.4, 0.5) is 5.13 Å². The van der Waals surface area contributed by atoms with Gasteiger partial charge in [0.1, 0.15) is 5.75 Å². The molecule has 5 nitrogen and oxygen atoms in total. The minimum absolute atomic E-state index is 0.0477. The first-order valence-electron chi connectivity index (χ1n) is 7.72. The van der Waals surface area contributed by atoms with Gasteiger partial charge in [0.15, 0.2) is 5.13 Å². The molecule has 0 radical (unpaired) electrons. The Hall–Kier alpha value is -2.12. The summed E-state index contributed by atoms with van der Waals surface area (Å²) >= 11 is 3.32. The third-order valence-corrected chi connectivity index (χ3v) is 6.10. The SMILES string of the molecule is COc1ccc2sc(N3CC(C(=O)NCc4cccs4)C3)nc2c1. The van der Waals surface area contributed by atoms with Crippen LogP contribution in [0.1, 0.15) is 4.88 Å². The van der Waals surface area contributed by atoms with E-state index in [-0.39, 0.29) is 11.8 Å². The van der Waals surface area contributed by atoms with E-state index in [1.807, 2.05) is 35.7 Å². The average Bonchev–Trinajstić information content (AvgIpc) is 3.20. The number of carbonyl (C=O) groups is 1. The van der Waals surface area contributed by atoms with Crippen molar-refractivity contribution in [2.45, 2.75) is 6.54 Å². The number of nitrogens with one attached hydrogen (secondary N) is 1. The Morgan fingerprint density at radius 1 is 1.42 bits per heavy atom. The number of carbonyl (C=O) groups excluding carboxylic acids is 1. The first-order valence-corrected chi connectivity index (χ1v) is 9.42. The van der Waals surface area contributed by atoms with Crippen molar-refractivity contribution in [1.82, 2.24) is 10.3 Å². The van der Waals surface area contributed by atoms with E-state index >= 15 is 0 Å². The second kappa shape index (κ2) is 6.41. The van der Waals surface area contributed by atoms with E-state index < -0.39 is 0 Å². The molecule has 124 valence electrons. The maximum absolute atomic E-state index is 12.2.